The SMILES string of the molecule is COCCC(N)c1csc(C(F)(F)F)n1. The summed E-state index contributed by atoms with van der Waals surface area (Å²) < 4.78 is 41.4. The molecule has 0 spiro atoms. The van der Waals surface area contributed by atoms with Gasteiger partial charge in [0.25, 0.3) is 0 Å². The number of ether oxygens (including phenoxy) is 1. The summed E-state index contributed by atoms with van der Waals surface area (Å²) in [6.07, 6.45) is -3.93. The lowest BCUT2D eigenvalue weighted by Gasteiger charge is -2.07. The number of hydrogen-bond donors (Lipinski definition) is 1. The molecule has 1 rings (SSSR count). The maximum Gasteiger partial charge on any atom is 0.443 e. The first-order valence-corrected chi connectivity index (χ1v) is 5.10. The van der Waals surface area contributed by atoms with E-state index < -0.39 is 17.2 Å². The lowest BCUT2D eigenvalue weighted by Crippen LogP contribution is -2.14. The first-order chi connectivity index (χ1) is 6.95. The van der Waals surface area contributed by atoms with E-state index >= 15 is 0 Å². The third-order valence-corrected chi connectivity index (χ3v) is 2.68. The van der Waals surface area contributed by atoms with Gasteiger partial charge in [0, 0.05) is 19.1 Å². The number of nitrogens with two attached hydrogens (primary N) is 1. The average Bonchev–Trinajstić information content (AvgIpc) is 2.62. The molecule has 0 aliphatic carbocycles. The topological polar surface area (TPSA) is 48.1 Å². The zero-order valence-corrected chi connectivity index (χ0v) is 8.86. The van der Waals surface area contributed by atoms with E-state index in [2.05, 4.69) is 4.98 Å². The molecule has 2 N–H and O–H groups in total. The zero-order valence-electron chi connectivity index (χ0n) is 8.04. The highest BCUT2D eigenvalue weighted by Crippen LogP contribution is 2.32. The minimum atomic E-state index is -4.39. The summed E-state index contributed by atoms with van der Waals surface area (Å²) in [6.45, 7) is 0.403. The number of methoxy groups -OCH3 is 1. The molecule has 1 heterocycles. The number of rotatable bonds is 4. The number of thiazole rings is 1. The highest BCUT2D eigenvalue weighted by atomic mass is 32.1. The molecule has 1 unspecified atom stereocenters. The van der Waals surface area contributed by atoms with E-state index in [-0.39, 0.29) is 5.69 Å². The molecule has 1 aromatic heterocycles. The summed E-state index contributed by atoms with van der Waals surface area (Å²) in [6, 6.07) is -0.502. The van der Waals surface area contributed by atoms with Crippen LogP contribution in [-0.2, 0) is 10.9 Å². The molecule has 15 heavy (non-hydrogen) atoms. The standard InChI is InChI=1S/C8H11F3N2OS/c1-14-3-2-5(12)6-4-15-7(13-6)8(9,10)11/h4-5H,2-3,12H2,1H3. The predicted octanol–water partition coefficient (Wildman–Crippen LogP) is 2.20. The fraction of sp³-hybridized carbons (Fsp3) is 0.625. The molecule has 0 amide bonds. The third-order valence-electron chi connectivity index (χ3n) is 1.78. The Morgan fingerprint density at radius 1 is 1.60 bits per heavy atom. The lowest BCUT2D eigenvalue weighted by atomic mass is 10.2. The molecule has 0 aliphatic rings. The van der Waals surface area contributed by atoms with E-state index in [0.29, 0.717) is 24.4 Å². The van der Waals surface area contributed by atoms with Gasteiger partial charge in [-0.2, -0.15) is 13.2 Å². The highest BCUT2D eigenvalue weighted by molar-refractivity contribution is 7.09. The van der Waals surface area contributed by atoms with Crippen molar-refractivity contribution in [2.24, 2.45) is 5.73 Å². The molecular formula is C8H11F3N2OS. The molecule has 0 saturated heterocycles. The quantitative estimate of drug-likeness (QED) is 0.877. The van der Waals surface area contributed by atoms with Crippen LogP contribution in [-0.4, -0.2) is 18.7 Å². The molecule has 1 aromatic rings. The maximum absolute atomic E-state index is 12.2. The van der Waals surface area contributed by atoms with E-state index in [1.165, 1.54) is 12.5 Å². The van der Waals surface area contributed by atoms with Crippen molar-refractivity contribution in [3.05, 3.63) is 16.1 Å². The second-order valence-corrected chi connectivity index (χ2v) is 3.82. The van der Waals surface area contributed by atoms with Crippen LogP contribution in [0.15, 0.2) is 5.38 Å². The van der Waals surface area contributed by atoms with Gasteiger partial charge in [0.15, 0.2) is 5.01 Å². The Hall–Kier alpha value is -0.660. The summed E-state index contributed by atoms with van der Waals surface area (Å²) in [4.78, 5) is 3.45. The Bertz CT molecular complexity index is 313. The van der Waals surface area contributed by atoms with Gasteiger partial charge < -0.3 is 10.5 Å². The summed E-state index contributed by atoms with van der Waals surface area (Å²) in [5, 5.41) is 0.480. The third kappa shape index (κ3) is 3.44. The largest absolute Gasteiger partial charge is 0.443 e. The first kappa shape index (κ1) is 12.4. The molecule has 7 heteroatoms. The van der Waals surface area contributed by atoms with Gasteiger partial charge in [-0.05, 0) is 6.42 Å². The number of alkyl halides is 3. The average molecular weight is 240 g/mol. The number of nitrogens with zero attached hydrogens (tertiary/aromatic N) is 1. The van der Waals surface area contributed by atoms with Crippen LogP contribution >= 0.6 is 11.3 Å². The van der Waals surface area contributed by atoms with Crippen molar-refractivity contribution in [1.29, 1.82) is 0 Å². The second kappa shape index (κ2) is 4.91. The molecule has 86 valence electrons. The molecule has 0 aliphatic heterocycles. The van der Waals surface area contributed by atoms with E-state index in [1.807, 2.05) is 0 Å². The van der Waals surface area contributed by atoms with Gasteiger partial charge in [-0.3, -0.25) is 0 Å². The van der Waals surface area contributed by atoms with Crippen LogP contribution < -0.4 is 5.73 Å². The normalized spacial score (nSPS) is 14.2. The van der Waals surface area contributed by atoms with Crippen molar-refractivity contribution < 1.29 is 17.9 Å². The van der Waals surface area contributed by atoms with Gasteiger partial charge in [0.05, 0.1) is 11.7 Å². The van der Waals surface area contributed by atoms with Gasteiger partial charge >= 0.3 is 6.18 Å². The van der Waals surface area contributed by atoms with E-state index in [0.717, 1.165) is 0 Å². The van der Waals surface area contributed by atoms with Crippen molar-refractivity contribution in [3.63, 3.8) is 0 Å². The fourth-order valence-electron chi connectivity index (χ4n) is 0.979. The van der Waals surface area contributed by atoms with Crippen LogP contribution in [0.1, 0.15) is 23.2 Å². The van der Waals surface area contributed by atoms with Crippen molar-refractivity contribution in [1.82, 2.24) is 4.98 Å². The highest BCUT2D eigenvalue weighted by Gasteiger charge is 2.34. The Morgan fingerprint density at radius 2 is 2.27 bits per heavy atom. The first-order valence-electron chi connectivity index (χ1n) is 4.22. The van der Waals surface area contributed by atoms with Crippen LogP contribution in [0.4, 0.5) is 13.2 Å². The lowest BCUT2D eigenvalue weighted by molar-refractivity contribution is -0.137. The van der Waals surface area contributed by atoms with Gasteiger partial charge in [0.2, 0.25) is 0 Å². The van der Waals surface area contributed by atoms with Crippen molar-refractivity contribution >= 4 is 11.3 Å². The van der Waals surface area contributed by atoms with Crippen LogP contribution in [0.5, 0.6) is 0 Å². The molecule has 0 radical (unpaired) electrons. The summed E-state index contributed by atoms with van der Waals surface area (Å²) in [7, 11) is 1.51. The van der Waals surface area contributed by atoms with Crippen molar-refractivity contribution in [2.75, 3.05) is 13.7 Å². The van der Waals surface area contributed by atoms with Gasteiger partial charge in [-0.15, -0.1) is 11.3 Å². The van der Waals surface area contributed by atoms with Crippen LogP contribution in [0, 0.1) is 0 Å². The monoisotopic (exact) mass is 240 g/mol. The Morgan fingerprint density at radius 3 is 2.73 bits per heavy atom. The van der Waals surface area contributed by atoms with E-state index in [1.54, 1.807) is 0 Å². The summed E-state index contributed by atoms with van der Waals surface area (Å²) in [5.74, 6) is 0. The number of halogens is 3. The Balaban J connectivity index is 2.67. The maximum atomic E-state index is 12.2. The molecular weight excluding hydrogens is 229 g/mol. The zero-order chi connectivity index (χ0) is 11.5. The molecule has 0 fully saturated rings. The number of aromatic nitrogens is 1. The van der Waals surface area contributed by atoms with Crippen LogP contribution in [0.25, 0.3) is 0 Å². The molecule has 1 atom stereocenters. The van der Waals surface area contributed by atoms with Gasteiger partial charge in [-0.1, -0.05) is 0 Å². The second-order valence-electron chi connectivity index (χ2n) is 2.96. The minimum Gasteiger partial charge on any atom is -0.385 e. The molecule has 0 aromatic carbocycles. The Labute approximate surface area is 89.1 Å². The van der Waals surface area contributed by atoms with Gasteiger partial charge in [0.1, 0.15) is 0 Å². The molecule has 0 bridgehead atoms. The minimum absolute atomic E-state index is 0.268. The molecule has 0 saturated carbocycles. The number of hydrogen-bond acceptors (Lipinski definition) is 4. The molecule has 3 nitrogen and oxygen atoms in total. The van der Waals surface area contributed by atoms with Crippen molar-refractivity contribution in [2.45, 2.75) is 18.6 Å². The van der Waals surface area contributed by atoms with Crippen LogP contribution in [0.2, 0.25) is 0 Å². The summed E-state index contributed by atoms with van der Waals surface area (Å²) >= 11 is 0.561. The van der Waals surface area contributed by atoms with E-state index in [4.69, 9.17) is 10.5 Å². The van der Waals surface area contributed by atoms with Crippen molar-refractivity contribution in [3.8, 4) is 0 Å². The van der Waals surface area contributed by atoms with Crippen LogP contribution in [0.3, 0.4) is 0 Å². The predicted molar refractivity (Wildman–Crippen MR) is 50.5 cm³/mol. The Kier molecular flexibility index (Phi) is 4.06. The van der Waals surface area contributed by atoms with Gasteiger partial charge in [-0.25, -0.2) is 4.98 Å². The summed E-state index contributed by atoms with van der Waals surface area (Å²) in [5.41, 5.74) is 5.90. The fourth-order valence-corrected chi connectivity index (χ4v) is 1.73. The van der Waals surface area contributed by atoms with E-state index in [9.17, 15) is 13.2 Å². The smallest absolute Gasteiger partial charge is 0.385 e.